The Morgan fingerprint density at radius 2 is 2.09 bits per heavy atom. The molecule has 1 unspecified atom stereocenters. The average Bonchev–Trinajstić information content (AvgIpc) is 2.87. The molecule has 1 atom stereocenters. The lowest BCUT2D eigenvalue weighted by atomic mass is 10.2. The Morgan fingerprint density at radius 3 is 2.82 bits per heavy atom. The summed E-state index contributed by atoms with van der Waals surface area (Å²) >= 11 is 6.08. The number of aromatic amines is 1. The zero-order chi connectivity index (χ0) is 15.7. The molecule has 5 heteroatoms. The molecule has 0 amide bonds. The zero-order valence-electron chi connectivity index (χ0n) is 12.9. The van der Waals surface area contributed by atoms with Crippen molar-refractivity contribution in [3.63, 3.8) is 0 Å². The van der Waals surface area contributed by atoms with Crippen molar-refractivity contribution in [2.24, 2.45) is 0 Å². The molecule has 0 spiro atoms. The van der Waals surface area contributed by atoms with Gasteiger partial charge in [0, 0.05) is 22.3 Å². The van der Waals surface area contributed by atoms with Crippen LogP contribution >= 0.6 is 11.6 Å². The van der Waals surface area contributed by atoms with Gasteiger partial charge >= 0.3 is 0 Å². The minimum Gasteiger partial charge on any atom is -0.367 e. The van der Waals surface area contributed by atoms with E-state index in [0.29, 0.717) is 16.9 Å². The van der Waals surface area contributed by atoms with Crippen LogP contribution in [0.4, 0.5) is 5.82 Å². The number of halogens is 1. The van der Waals surface area contributed by atoms with Gasteiger partial charge in [-0.05, 0) is 38.5 Å². The van der Waals surface area contributed by atoms with Gasteiger partial charge < -0.3 is 10.3 Å². The number of benzene rings is 1. The molecule has 22 heavy (non-hydrogen) atoms. The molecule has 2 heterocycles. The van der Waals surface area contributed by atoms with Crippen LogP contribution in [0.25, 0.3) is 22.4 Å². The molecule has 0 fully saturated rings. The van der Waals surface area contributed by atoms with E-state index in [4.69, 9.17) is 16.6 Å². The normalized spacial score (nSPS) is 12.5. The molecular weight excluding hydrogens is 296 g/mol. The van der Waals surface area contributed by atoms with Crippen molar-refractivity contribution in [1.29, 1.82) is 0 Å². The van der Waals surface area contributed by atoms with Crippen molar-refractivity contribution in [2.45, 2.75) is 33.2 Å². The first-order chi connectivity index (χ1) is 10.6. The fourth-order valence-corrected chi connectivity index (χ4v) is 2.53. The molecule has 0 saturated carbocycles. The Kier molecular flexibility index (Phi) is 4.03. The first-order valence-corrected chi connectivity index (χ1v) is 7.84. The standard InChI is InChI=1S/C17H19ClN4/c1-4-10(2)19-16-14-8-11(3)20-17(14)22-15(21-16)12-6-5-7-13(18)9-12/h5-10H,4H2,1-3H3,(H2,19,20,21,22). The molecule has 2 N–H and O–H groups in total. The van der Waals surface area contributed by atoms with Crippen LogP contribution < -0.4 is 5.32 Å². The second-order valence-corrected chi connectivity index (χ2v) is 6.01. The fraction of sp³-hybridized carbons (Fsp3) is 0.294. The van der Waals surface area contributed by atoms with E-state index in [1.54, 1.807) is 0 Å². The third kappa shape index (κ3) is 2.92. The third-order valence-electron chi connectivity index (χ3n) is 3.70. The maximum Gasteiger partial charge on any atom is 0.163 e. The number of nitrogens with zero attached hydrogens (tertiary/aromatic N) is 2. The van der Waals surface area contributed by atoms with Crippen LogP contribution in [0.3, 0.4) is 0 Å². The summed E-state index contributed by atoms with van der Waals surface area (Å²) in [5.41, 5.74) is 2.82. The lowest BCUT2D eigenvalue weighted by molar-refractivity contribution is 0.760. The van der Waals surface area contributed by atoms with Crippen LogP contribution in [0.1, 0.15) is 26.0 Å². The third-order valence-corrected chi connectivity index (χ3v) is 3.94. The highest BCUT2D eigenvalue weighted by atomic mass is 35.5. The van der Waals surface area contributed by atoms with Crippen molar-refractivity contribution in [3.05, 3.63) is 41.0 Å². The van der Waals surface area contributed by atoms with Crippen molar-refractivity contribution < 1.29 is 0 Å². The van der Waals surface area contributed by atoms with E-state index >= 15 is 0 Å². The molecule has 0 aliphatic heterocycles. The number of aryl methyl sites for hydroxylation is 1. The zero-order valence-corrected chi connectivity index (χ0v) is 13.7. The van der Waals surface area contributed by atoms with Gasteiger partial charge in [0.15, 0.2) is 5.82 Å². The number of aromatic nitrogens is 3. The van der Waals surface area contributed by atoms with E-state index in [9.17, 15) is 0 Å². The second-order valence-electron chi connectivity index (χ2n) is 5.57. The van der Waals surface area contributed by atoms with Crippen LogP contribution in [0.15, 0.2) is 30.3 Å². The molecule has 0 aliphatic carbocycles. The van der Waals surface area contributed by atoms with Gasteiger partial charge in [0.1, 0.15) is 11.5 Å². The predicted octanol–water partition coefficient (Wildman–Crippen LogP) is 4.80. The van der Waals surface area contributed by atoms with Gasteiger partial charge in [-0.2, -0.15) is 0 Å². The molecule has 114 valence electrons. The molecule has 0 bridgehead atoms. The monoisotopic (exact) mass is 314 g/mol. The van der Waals surface area contributed by atoms with Crippen molar-refractivity contribution in [1.82, 2.24) is 15.0 Å². The number of hydrogen-bond acceptors (Lipinski definition) is 3. The van der Waals surface area contributed by atoms with Gasteiger partial charge in [0.25, 0.3) is 0 Å². The lowest BCUT2D eigenvalue weighted by Gasteiger charge is -2.14. The van der Waals surface area contributed by atoms with Crippen molar-refractivity contribution in [3.8, 4) is 11.4 Å². The Morgan fingerprint density at radius 1 is 1.27 bits per heavy atom. The van der Waals surface area contributed by atoms with E-state index < -0.39 is 0 Å². The Hall–Kier alpha value is -2.07. The fourth-order valence-electron chi connectivity index (χ4n) is 2.34. The van der Waals surface area contributed by atoms with E-state index in [2.05, 4.69) is 35.2 Å². The summed E-state index contributed by atoms with van der Waals surface area (Å²) in [6.07, 6.45) is 1.03. The molecule has 0 radical (unpaired) electrons. The summed E-state index contributed by atoms with van der Waals surface area (Å²) in [5, 5.41) is 5.17. The van der Waals surface area contributed by atoms with Gasteiger partial charge in [0.2, 0.25) is 0 Å². The minimum atomic E-state index is 0.348. The molecule has 3 aromatic rings. The van der Waals surface area contributed by atoms with Gasteiger partial charge in [-0.1, -0.05) is 30.7 Å². The summed E-state index contributed by atoms with van der Waals surface area (Å²) in [4.78, 5) is 12.6. The highest BCUT2D eigenvalue weighted by Crippen LogP contribution is 2.27. The van der Waals surface area contributed by atoms with Gasteiger partial charge in [-0.25, -0.2) is 9.97 Å². The maximum atomic E-state index is 6.08. The summed E-state index contributed by atoms with van der Waals surface area (Å²) in [7, 11) is 0. The Bertz CT molecular complexity index is 810. The summed E-state index contributed by atoms with van der Waals surface area (Å²) in [6, 6.07) is 10.0. The molecule has 3 rings (SSSR count). The van der Waals surface area contributed by atoms with E-state index in [0.717, 1.165) is 34.5 Å². The topological polar surface area (TPSA) is 53.6 Å². The Labute approximate surface area is 134 Å². The highest BCUT2D eigenvalue weighted by Gasteiger charge is 2.13. The van der Waals surface area contributed by atoms with E-state index in [-0.39, 0.29) is 0 Å². The van der Waals surface area contributed by atoms with Crippen LogP contribution in [0, 0.1) is 6.92 Å². The SMILES string of the molecule is CCC(C)Nc1nc(-c2cccc(Cl)c2)nc2[nH]c(C)cc12. The van der Waals surface area contributed by atoms with Gasteiger partial charge in [0.05, 0.1) is 5.39 Å². The molecule has 4 nitrogen and oxygen atoms in total. The number of nitrogens with one attached hydrogen (secondary N) is 2. The predicted molar refractivity (Wildman–Crippen MR) is 92.4 cm³/mol. The van der Waals surface area contributed by atoms with E-state index in [1.165, 1.54) is 0 Å². The van der Waals surface area contributed by atoms with Crippen LogP contribution in [-0.2, 0) is 0 Å². The number of fused-ring (bicyclic) bond motifs is 1. The summed E-state index contributed by atoms with van der Waals surface area (Å²) in [6.45, 7) is 6.32. The maximum absolute atomic E-state index is 6.08. The quantitative estimate of drug-likeness (QED) is 0.727. The average molecular weight is 315 g/mol. The summed E-state index contributed by atoms with van der Waals surface area (Å²) in [5.74, 6) is 1.53. The highest BCUT2D eigenvalue weighted by molar-refractivity contribution is 6.30. The second kappa shape index (κ2) is 5.97. The van der Waals surface area contributed by atoms with Gasteiger partial charge in [-0.15, -0.1) is 0 Å². The molecule has 1 aromatic carbocycles. The van der Waals surface area contributed by atoms with Crippen molar-refractivity contribution >= 4 is 28.5 Å². The molecular formula is C17H19ClN4. The first kappa shape index (κ1) is 14.9. The minimum absolute atomic E-state index is 0.348. The summed E-state index contributed by atoms with van der Waals surface area (Å²) < 4.78 is 0. The smallest absolute Gasteiger partial charge is 0.163 e. The first-order valence-electron chi connectivity index (χ1n) is 7.46. The number of rotatable bonds is 4. The molecule has 0 saturated heterocycles. The van der Waals surface area contributed by atoms with Crippen LogP contribution in [0.5, 0.6) is 0 Å². The number of hydrogen-bond donors (Lipinski definition) is 2. The number of anilines is 1. The van der Waals surface area contributed by atoms with E-state index in [1.807, 2.05) is 31.2 Å². The van der Waals surface area contributed by atoms with Crippen LogP contribution in [0.2, 0.25) is 5.02 Å². The Balaban J connectivity index is 2.15. The van der Waals surface area contributed by atoms with Gasteiger partial charge in [-0.3, -0.25) is 0 Å². The largest absolute Gasteiger partial charge is 0.367 e. The van der Waals surface area contributed by atoms with Crippen molar-refractivity contribution in [2.75, 3.05) is 5.32 Å². The lowest BCUT2D eigenvalue weighted by Crippen LogP contribution is -2.15. The molecule has 0 aliphatic rings. The number of H-pyrrole nitrogens is 1. The molecule has 2 aromatic heterocycles. The van der Waals surface area contributed by atoms with Crippen LogP contribution in [-0.4, -0.2) is 21.0 Å².